The van der Waals surface area contributed by atoms with E-state index >= 15 is 0 Å². The molecule has 1 nitrogen and oxygen atoms in total. The zero-order valence-corrected chi connectivity index (χ0v) is 35.0. The van der Waals surface area contributed by atoms with E-state index < -0.39 is 21.9 Å². The van der Waals surface area contributed by atoms with Crippen LogP contribution in [0.15, 0.2) is 97.1 Å². The molecule has 0 bridgehead atoms. The molecule has 2 aliphatic carbocycles. The summed E-state index contributed by atoms with van der Waals surface area (Å²) in [4.78, 5) is 0. The molecule has 0 heterocycles. The van der Waals surface area contributed by atoms with Crippen molar-refractivity contribution in [3.05, 3.63) is 210 Å². The van der Waals surface area contributed by atoms with Crippen LogP contribution in [0.4, 0.5) is 0 Å². The Kier molecular flexibility index (Phi) is 14.8. The van der Waals surface area contributed by atoms with Crippen LogP contribution in [0.2, 0.25) is 0 Å². The summed E-state index contributed by atoms with van der Waals surface area (Å²) in [5.41, 5.74) is 12.3. The second-order valence-corrected chi connectivity index (χ2v) is 18.7. The number of aliphatic hydroxyl groups is 1. The van der Waals surface area contributed by atoms with Crippen LogP contribution in [-0.4, -0.2) is 5.11 Å². The Morgan fingerprint density at radius 3 is 1.13 bits per heavy atom. The molecule has 1 unspecified atom stereocenters. The summed E-state index contributed by atoms with van der Waals surface area (Å²) in [7, 11) is -1.83. The van der Waals surface area contributed by atoms with E-state index in [1.165, 1.54) is 76.7 Å². The maximum atomic E-state index is 12.6. The molecule has 2 aliphatic rings. The number of hydrogen-bond donors (Lipinski definition) is 1. The average Bonchev–Trinajstić information content (AvgIpc) is 3.80. The standard InChI is InChI=1S/C44H45OP2.C5H5.Fe/c1-28-16-29(2)21-36(20-28)46(37-22-30(3)17-31(4)23-37)42-14-10-9-12-40(42)44(45)41-13-11-15-43(41)47(38-24-32(5)18-33(6)25-38)39-26-34(7)19-35(8)27-39;1-2-4-5-3-1;/h9-27,44-45H,1-8H3;1-5H;. The van der Waals surface area contributed by atoms with Crippen molar-refractivity contribution < 1.29 is 22.2 Å². The SMILES string of the molecule is Cc1cc(C)cc(P([C]2[CH][CH][CH][C]2C(O)c2ccccc2P(c2cc(C)cc(C)c2)c2cc(C)cc(C)c2)c2cc(C)cc(C)c2)c1.[CH]1[CH][CH][CH][CH]1.[Fe]. The molecule has 1 N–H and O–H groups in total. The molecule has 1 atom stereocenters. The molecule has 10 radical (unpaired) electrons. The molecular weight excluding hydrogens is 722 g/mol. The first-order chi connectivity index (χ1) is 25.0. The third kappa shape index (κ3) is 10.4. The van der Waals surface area contributed by atoms with Crippen molar-refractivity contribution in [1.29, 1.82) is 0 Å². The summed E-state index contributed by atoms with van der Waals surface area (Å²) in [6.07, 6.45) is 15.8. The van der Waals surface area contributed by atoms with Crippen LogP contribution in [0.5, 0.6) is 0 Å². The number of benzene rings is 5. The first-order valence-electron chi connectivity index (χ1n) is 18.1. The van der Waals surface area contributed by atoms with Gasteiger partial charge in [-0.25, -0.2) is 0 Å². The van der Waals surface area contributed by atoms with Crippen LogP contribution in [0, 0.1) is 118 Å². The van der Waals surface area contributed by atoms with Crippen molar-refractivity contribution in [2.24, 2.45) is 0 Å². The Hall–Kier alpha value is -2.56. The van der Waals surface area contributed by atoms with Crippen molar-refractivity contribution in [2.45, 2.75) is 61.5 Å². The van der Waals surface area contributed by atoms with Crippen molar-refractivity contribution in [3.63, 3.8) is 0 Å². The molecule has 270 valence electrons. The summed E-state index contributed by atoms with van der Waals surface area (Å²) in [5, 5.41) is 19.1. The van der Waals surface area contributed by atoms with Gasteiger partial charge in [0.05, 0.1) is 6.10 Å². The Labute approximate surface area is 334 Å². The predicted molar refractivity (Wildman–Crippen MR) is 228 cm³/mol. The summed E-state index contributed by atoms with van der Waals surface area (Å²) in [6, 6.07) is 36.3. The van der Waals surface area contributed by atoms with Gasteiger partial charge in [0.25, 0.3) is 0 Å². The van der Waals surface area contributed by atoms with Gasteiger partial charge in [0.15, 0.2) is 0 Å². The second-order valence-electron chi connectivity index (χ2n) is 14.3. The molecule has 0 spiro atoms. The molecule has 0 amide bonds. The first kappa shape index (κ1) is 41.6. The van der Waals surface area contributed by atoms with Gasteiger partial charge in [0, 0.05) is 28.6 Å². The summed E-state index contributed by atoms with van der Waals surface area (Å²) < 4.78 is 0. The third-order valence-corrected chi connectivity index (χ3v) is 14.1. The Bertz CT molecular complexity index is 1800. The first-order valence-corrected chi connectivity index (χ1v) is 20.8. The molecule has 2 saturated carbocycles. The van der Waals surface area contributed by atoms with Gasteiger partial charge in [-0.1, -0.05) is 142 Å². The quantitative estimate of drug-likeness (QED) is 0.123. The van der Waals surface area contributed by atoms with Crippen molar-refractivity contribution in [2.75, 3.05) is 0 Å². The van der Waals surface area contributed by atoms with Crippen molar-refractivity contribution >= 4 is 42.4 Å². The van der Waals surface area contributed by atoms with Gasteiger partial charge in [0.1, 0.15) is 0 Å². The van der Waals surface area contributed by atoms with Gasteiger partial charge < -0.3 is 5.11 Å². The largest absolute Gasteiger partial charge is 0.388 e. The van der Waals surface area contributed by atoms with Crippen LogP contribution >= 0.6 is 15.8 Å². The van der Waals surface area contributed by atoms with E-state index in [9.17, 15) is 5.11 Å². The zero-order valence-electron chi connectivity index (χ0n) is 32.1. The Balaban J connectivity index is 0.000000833. The normalized spacial score (nSPS) is 15.4. The number of hydrogen-bond acceptors (Lipinski definition) is 1. The average molecular weight is 773 g/mol. The van der Waals surface area contributed by atoms with E-state index in [1.54, 1.807) is 0 Å². The molecule has 0 saturated heterocycles. The van der Waals surface area contributed by atoms with E-state index in [2.05, 4.69) is 172 Å². The van der Waals surface area contributed by atoms with E-state index in [4.69, 9.17) is 0 Å². The Morgan fingerprint density at radius 1 is 0.415 bits per heavy atom. The minimum absolute atomic E-state index is 0. The second kappa shape index (κ2) is 18.9. The monoisotopic (exact) mass is 772 g/mol. The Morgan fingerprint density at radius 2 is 0.755 bits per heavy atom. The van der Waals surface area contributed by atoms with E-state index in [0.717, 1.165) is 11.5 Å². The smallest absolute Gasteiger partial charge is 0.0871 e. The fourth-order valence-electron chi connectivity index (χ4n) is 7.44. The topological polar surface area (TPSA) is 20.2 Å². The molecule has 5 aromatic carbocycles. The fraction of sp³-hybridized carbons (Fsp3) is 0.184. The van der Waals surface area contributed by atoms with E-state index in [0.29, 0.717) is 0 Å². The maximum Gasteiger partial charge on any atom is 0.0871 e. The minimum Gasteiger partial charge on any atom is -0.388 e. The van der Waals surface area contributed by atoms with Gasteiger partial charge in [-0.3, -0.25) is 0 Å². The molecule has 4 heteroatoms. The molecular formula is C49H50FeOP2. The van der Waals surface area contributed by atoms with Gasteiger partial charge in [-0.15, -0.1) is 0 Å². The van der Waals surface area contributed by atoms with Crippen LogP contribution in [0.3, 0.4) is 0 Å². The number of aryl methyl sites for hydroxylation is 8. The predicted octanol–water partition coefficient (Wildman–Crippen LogP) is 9.83. The summed E-state index contributed by atoms with van der Waals surface area (Å²) >= 11 is 0. The minimum atomic E-state index is -0.925. The maximum absolute atomic E-state index is 12.6. The molecule has 0 aromatic heterocycles. The van der Waals surface area contributed by atoms with Crippen molar-refractivity contribution in [1.82, 2.24) is 0 Å². The van der Waals surface area contributed by atoms with Gasteiger partial charge in [0.2, 0.25) is 0 Å². The summed E-state index contributed by atoms with van der Waals surface area (Å²) in [6.45, 7) is 17.5. The summed E-state index contributed by atoms with van der Waals surface area (Å²) in [5.74, 6) is 0.998. The zero-order chi connectivity index (χ0) is 36.9. The van der Waals surface area contributed by atoms with Crippen LogP contribution in [-0.2, 0) is 17.1 Å². The van der Waals surface area contributed by atoms with E-state index in [-0.39, 0.29) is 17.1 Å². The molecule has 53 heavy (non-hydrogen) atoms. The van der Waals surface area contributed by atoms with E-state index in [1.807, 2.05) is 32.1 Å². The molecule has 5 aromatic rings. The van der Waals surface area contributed by atoms with Gasteiger partial charge >= 0.3 is 0 Å². The van der Waals surface area contributed by atoms with Gasteiger partial charge in [-0.05, 0) is 155 Å². The third-order valence-electron chi connectivity index (χ3n) is 9.25. The van der Waals surface area contributed by atoms with Crippen LogP contribution in [0.1, 0.15) is 56.2 Å². The molecule has 7 rings (SSSR count). The molecule has 0 aliphatic heterocycles. The number of aliphatic hydroxyl groups excluding tert-OH is 1. The molecule has 2 fully saturated rings. The fourth-order valence-corrected chi connectivity index (χ4v) is 13.2. The van der Waals surface area contributed by atoms with Gasteiger partial charge in [-0.2, -0.15) is 0 Å². The van der Waals surface area contributed by atoms with Crippen LogP contribution in [0.25, 0.3) is 0 Å². The van der Waals surface area contributed by atoms with Crippen LogP contribution < -0.4 is 26.5 Å². The van der Waals surface area contributed by atoms with Crippen molar-refractivity contribution in [3.8, 4) is 0 Å². The number of rotatable bonds is 8.